The Bertz CT molecular complexity index is 341. The second-order valence-corrected chi connectivity index (χ2v) is 4.73. The Kier molecular flexibility index (Phi) is 8.43. The summed E-state index contributed by atoms with van der Waals surface area (Å²) in [7, 11) is 0. The molecule has 0 aliphatic carbocycles. The molecule has 0 radical (unpaired) electrons. The number of aromatic nitrogens is 1. The van der Waals surface area contributed by atoms with Crippen LogP contribution in [0.15, 0.2) is 24.5 Å². The molecule has 0 aliphatic rings. The molecule has 1 aromatic heterocycles. The van der Waals surface area contributed by atoms with E-state index in [0.717, 1.165) is 18.5 Å². The minimum absolute atomic E-state index is 0.0922. The van der Waals surface area contributed by atoms with Gasteiger partial charge in [-0.05, 0) is 24.1 Å². The van der Waals surface area contributed by atoms with Gasteiger partial charge in [0.05, 0.1) is 0 Å². The van der Waals surface area contributed by atoms with Crippen molar-refractivity contribution >= 4 is 6.03 Å². The average molecular weight is 263 g/mol. The van der Waals surface area contributed by atoms with Crippen LogP contribution in [-0.2, 0) is 6.54 Å². The van der Waals surface area contributed by atoms with Crippen LogP contribution in [0.4, 0.5) is 4.79 Å². The fraction of sp³-hybridized carbons (Fsp3) is 0.600. The number of unbranched alkanes of at least 4 members (excludes halogenated alkanes) is 5. The molecule has 0 fully saturated rings. The van der Waals surface area contributed by atoms with Gasteiger partial charge in [-0.15, -0.1) is 0 Å². The lowest BCUT2D eigenvalue weighted by Crippen LogP contribution is -2.35. The van der Waals surface area contributed by atoms with Crippen LogP contribution in [0.3, 0.4) is 0 Å². The SMILES string of the molecule is CCCCCCCCNC(=O)NCc1ccncc1. The number of carbonyl (C=O) groups is 1. The van der Waals surface area contributed by atoms with Crippen molar-refractivity contribution in [1.29, 1.82) is 0 Å². The quantitative estimate of drug-likeness (QED) is 0.672. The number of nitrogens with zero attached hydrogens (tertiary/aromatic N) is 1. The molecule has 0 bridgehead atoms. The third kappa shape index (κ3) is 8.19. The van der Waals surface area contributed by atoms with Crippen LogP contribution in [0, 0.1) is 0 Å². The third-order valence-corrected chi connectivity index (χ3v) is 3.02. The summed E-state index contributed by atoms with van der Waals surface area (Å²) in [5.41, 5.74) is 1.06. The number of amides is 2. The van der Waals surface area contributed by atoms with E-state index in [1.165, 1.54) is 32.1 Å². The Morgan fingerprint density at radius 2 is 1.74 bits per heavy atom. The van der Waals surface area contributed by atoms with E-state index in [2.05, 4.69) is 22.5 Å². The Morgan fingerprint density at radius 1 is 1.05 bits per heavy atom. The molecule has 4 heteroatoms. The van der Waals surface area contributed by atoms with E-state index in [-0.39, 0.29) is 6.03 Å². The van der Waals surface area contributed by atoms with Crippen LogP contribution in [0.2, 0.25) is 0 Å². The summed E-state index contributed by atoms with van der Waals surface area (Å²) in [4.78, 5) is 15.4. The van der Waals surface area contributed by atoms with Gasteiger partial charge in [-0.2, -0.15) is 0 Å². The summed E-state index contributed by atoms with van der Waals surface area (Å²) in [5, 5.41) is 5.71. The van der Waals surface area contributed by atoms with Gasteiger partial charge in [0.25, 0.3) is 0 Å². The van der Waals surface area contributed by atoms with E-state index in [1.54, 1.807) is 12.4 Å². The summed E-state index contributed by atoms with van der Waals surface area (Å²) in [5.74, 6) is 0. The molecular weight excluding hydrogens is 238 g/mol. The van der Waals surface area contributed by atoms with E-state index in [9.17, 15) is 4.79 Å². The van der Waals surface area contributed by atoms with E-state index < -0.39 is 0 Å². The summed E-state index contributed by atoms with van der Waals surface area (Å²) < 4.78 is 0. The first kappa shape index (κ1) is 15.5. The summed E-state index contributed by atoms with van der Waals surface area (Å²) in [6.07, 6.45) is 10.9. The molecule has 106 valence electrons. The van der Waals surface area contributed by atoms with Crippen molar-refractivity contribution < 1.29 is 4.79 Å². The maximum atomic E-state index is 11.5. The highest BCUT2D eigenvalue weighted by Crippen LogP contribution is 2.03. The van der Waals surface area contributed by atoms with Crippen molar-refractivity contribution in [1.82, 2.24) is 15.6 Å². The van der Waals surface area contributed by atoms with Crippen LogP contribution < -0.4 is 10.6 Å². The lowest BCUT2D eigenvalue weighted by molar-refractivity contribution is 0.240. The molecular formula is C15H25N3O. The molecule has 2 N–H and O–H groups in total. The van der Waals surface area contributed by atoms with E-state index >= 15 is 0 Å². The van der Waals surface area contributed by atoms with Crippen molar-refractivity contribution in [2.24, 2.45) is 0 Å². The average Bonchev–Trinajstić information content (AvgIpc) is 2.45. The van der Waals surface area contributed by atoms with E-state index in [1.807, 2.05) is 12.1 Å². The van der Waals surface area contributed by atoms with Gasteiger partial charge >= 0.3 is 6.03 Å². The van der Waals surface area contributed by atoms with Crippen LogP contribution in [0.25, 0.3) is 0 Å². The van der Waals surface area contributed by atoms with Crippen molar-refractivity contribution in [3.05, 3.63) is 30.1 Å². The van der Waals surface area contributed by atoms with Crippen molar-refractivity contribution in [2.75, 3.05) is 6.54 Å². The zero-order chi connectivity index (χ0) is 13.8. The standard InChI is InChI=1S/C15H25N3O/c1-2-3-4-5-6-7-10-17-15(19)18-13-14-8-11-16-12-9-14/h8-9,11-12H,2-7,10,13H2,1H3,(H2,17,18,19). The fourth-order valence-corrected chi connectivity index (χ4v) is 1.85. The highest BCUT2D eigenvalue weighted by atomic mass is 16.2. The number of urea groups is 1. The minimum atomic E-state index is -0.0922. The molecule has 4 nitrogen and oxygen atoms in total. The van der Waals surface area contributed by atoms with Gasteiger partial charge in [-0.25, -0.2) is 4.79 Å². The summed E-state index contributed by atoms with van der Waals surface area (Å²) in [6, 6.07) is 3.70. The van der Waals surface area contributed by atoms with Crippen LogP contribution >= 0.6 is 0 Å². The minimum Gasteiger partial charge on any atom is -0.338 e. The normalized spacial score (nSPS) is 10.2. The smallest absolute Gasteiger partial charge is 0.315 e. The predicted molar refractivity (Wildman–Crippen MR) is 77.9 cm³/mol. The number of nitrogens with one attached hydrogen (secondary N) is 2. The van der Waals surface area contributed by atoms with Crippen LogP contribution in [0.1, 0.15) is 51.0 Å². The van der Waals surface area contributed by atoms with Gasteiger partial charge in [0, 0.05) is 25.5 Å². The largest absolute Gasteiger partial charge is 0.338 e. The Balaban J connectivity index is 1.96. The predicted octanol–water partition coefficient (Wildman–Crippen LogP) is 3.24. The van der Waals surface area contributed by atoms with Gasteiger partial charge in [-0.1, -0.05) is 39.0 Å². The second-order valence-electron chi connectivity index (χ2n) is 4.73. The highest BCUT2D eigenvalue weighted by molar-refractivity contribution is 5.73. The first-order chi connectivity index (χ1) is 9.33. The number of carbonyl (C=O) groups excluding carboxylic acids is 1. The van der Waals surface area contributed by atoms with Gasteiger partial charge in [-0.3, -0.25) is 4.98 Å². The molecule has 0 atom stereocenters. The van der Waals surface area contributed by atoms with Gasteiger partial charge in [0.1, 0.15) is 0 Å². The lowest BCUT2D eigenvalue weighted by Gasteiger charge is -2.07. The molecule has 19 heavy (non-hydrogen) atoms. The summed E-state index contributed by atoms with van der Waals surface area (Å²) >= 11 is 0. The van der Waals surface area contributed by atoms with Crippen molar-refractivity contribution in [3.63, 3.8) is 0 Å². The maximum absolute atomic E-state index is 11.5. The van der Waals surface area contributed by atoms with E-state index in [0.29, 0.717) is 6.54 Å². The molecule has 2 amide bonds. The van der Waals surface area contributed by atoms with Crippen LogP contribution in [-0.4, -0.2) is 17.6 Å². The molecule has 1 aromatic rings. The molecule has 0 saturated carbocycles. The molecule has 0 aromatic carbocycles. The Hall–Kier alpha value is -1.58. The monoisotopic (exact) mass is 263 g/mol. The van der Waals surface area contributed by atoms with E-state index in [4.69, 9.17) is 0 Å². The van der Waals surface area contributed by atoms with Crippen LogP contribution in [0.5, 0.6) is 0 Å². The number of hydrogen-bond acceptors (Lipinski definition) is 2. The molecule has 1 heterocycles. The topological polar surface area (TPSA) is 54.0 Å². The highest BCUT2D eigenvalue weighted by Gasteiger charge is 1.99. The molecule has 0 aliphatic heterocycles. The van der Waals surface area contributed by atoms with Gasteiger partial charge < -0.3 is 10.6 Å². The fourth-order valence-electron chi connectivity index (χ4n) is 1.85. The number of pyridine rings is 1. The molecule has 0 unspecified atom stereocenters. The molecule has 0 spiro atoms. The number of rotatable bonds is 9. The molecule has 1 rings (SSSR count). The first-order valence-electron chi connectivity index (χ1n) is 7.23. The summed E-state index contributed by atoms with van der Waals surface area (Å²) in [6.45, 7) is 3.52. The van der Waals surface area contributed by atoms with Gasteiger partial charge in [0.15, 0.2) is 0 Å². The second kappa shape index (κ2) is 10.4. The zero-order valence-corrected chi connectivity index (χ0v) is 11.8. The first-order valence-corrected chi connectivity index (χ1v) is 7.23. The Morgan fingerprint density at radius 3 is 2.47 bits per heavy atom. The Labute approximate surface area is 116 Å². The van der Waals surface area contributed by atoms with Crippen molar-refractivity contribution in [3.8, 4) is 0 Å². The lowest BCUT2D eigenvalue weighted by atomic mass is 10.1. The van der Waals surface area contributed by atoms with Crippen molar-refractivity contribution in [2.45, 2.75) is 52.0 Å². The number of hydrogen-bond donors (Lipinski definition) is 2. The van der Waals surface area contributed by atoms with Gasteiger partial charge in [0.2, 0.25) is 0 Å². The molecule has 0 saturated heterocycles. The zero-order valence-electron chi connectivity index (χ0n) is 11.8. The third-order valence-electron chi connectivity index (χ3n) is 3.02. The maximum Gasteiger partial charge on any atom is 0.315 e.